The Hall–Kier alpha value is -1.35. The van der Waals surface area contributed by atoms with Gasteiger partial charge in [0.25, 0.3) is 5.91 Å². The molecule has 1 heterocycles. The molecule has 0 aliphatic carbocycles. The quantitative estimate of drug-likeness (QED) is 0.786. The molecule has 2 aromatic rings. The van der Waals surface area contributed by atoms with E-state index in [1.54, 1.807) is 23.5 Å². The van der Waals surface area contributed by atoms with Gasteiger partial charge in [0.05, 0.1) is 12.2 Å². The third kappa shape index (κ3) is 3.29. The maximum absolute atomic E-state index is 12.8. The minimum atomic E-state index is -4.27. The number of halogens is 5. The third-order valence-electron chi connectivity index (χ3n) is 2.70. The van der Waals surface area contributed by atoms with Crippen LogP contribution in [0.2, 0.25) is 0 Å². The van der Waals surface area contributed by atoms with Crippen molar-refractivity contribution in [3.05, 3.63) is 27.5 Å². The number of fused-ring (bicyclic) bond motifs is 1. The number of nitrogen functional groups attached to an aromatic ring is 1. The van der Waals surface area contributed by atoms with Crippen molar-refractivity contribution in [1.82, 2.24) is 5.32 Å². The number of carbonyl (C=O) groups is 1. The number of thiophene rings is 1. The van der Waals surface area contributed by atoms with Crippen LogP contribution < -0.4 is 11.1 Å². The number of hydrogen-bond acceptors (Lipinski definition) is 3. The van der Waals surface area contributed by atoms with Crippen LogP contribution in [0.25, 0.3) is 10.1 Å². The van der Waals surface area contributed by atoms with Crippen molar-refractivity contribution in [2.75, 3.05) is 12.3 Å². The number of rotatable bonds is 4. The number of alkyl halides is 4. The van der Waals surface area contributed by atoms with Gasteiger partial charge in [0.15, 0.2) is 0 Å². The maximum Gasteiger partial charge on any atom is 0.324 e. The molecule has 0 aliphatic heterocycles. The van der Waals surface area contributed by atoms with Crippen LogP contribution in [0.3, 0.4) is 0 Å². The summed E-state index contributed by atoms with van der Waals surface area (Å²) in [7, 11) is 0. The van der Waals surface area contributed by atoms with E-state index in [2.05, 4.69) is 15.9 Å². The monoisotopic (exact) mass is 384 g/mol. The van der Waals surface area contributed by atoms with Gasteiger partial charge < -0.3 is 11.1 Å². The SMILES string of the molecule is Nc1c(C(=O)NCC(F)(F)C(F)F)sc2cc(Br)ccc12. The molecule has 0 saturated heterocycles. The Labute approximate surface area is 129 Å². The Morgan fingerprint density at radius 3 is 2.71 bits per heavy atom. The minimum absolute atomic E-state index is 0.0215. The van der Waals surface area contributed by atoms with Gasteiger partial charge in [-0.05, 0) is 12.1 Å². The van der Waals surface area contributed by atoms with Crippen molar-refractivity contribution >= 4 is 48.9 Å². The molecule has 0 bridgehead atoms. The van der Waals surface area contributed by atoms with Crippen LogP contribution in [-0.4, -0.2) is 24.8 Å². The van der Waals surface area contributed by atoms with Gasteiger partial charge in [-0.25, -0.2) is 8.78 Å². The molecule has 9 heteroatoms. The fourth-order valence-corrected chi connectivity index (χ4v) is 3.21. The van der Waals surface area contributed by atoms with E-state index in [1.165, 1.54) is 0 Å². The van der Waals surface area contributed by atoms with E-state index >= 15 is 0 Å². The summed E-state index contributed by atoms with van der Waals surface area (Å²) in [6.45, 7) is -1.44. The van der Waals surface area contributed by atoms with Gasteiger partial charge in [-0.1, -0.05) is 22.0 Å². The summed E-state index contributed by atoms with van der Waals surface area (Å²) < 4.78 is 51.1. The van der Waals surface area contributed by atoms with Crippen LogP contribution >= 0.6 is 27.3 Å². The van der Waals surface area contributed by atoms with Crippen LogP contribution in [-0.2, 0) is 0 Å². The standard InChI is InChI=1S/C12H9BrF4N2OS/c13-5-1-2-6-7(3-5)21-9(8(6)18)10(20)19-4-12(16,17)11(14)15/h1-3,11H,4,18H2,(H,19,20). The second kappa shape index (κ2) is 5.80. The molecule has 1 amide bonds. The Morgan fingerprint density at radius 1 is 1.43 bits per heavy atom. The number of nitrogens with two attached hydrogens (primary N) is 1. The first-order valence-corrected chi connectivity index (χ1v) is 7.25. The fourth-order valence-electron chi connectivity index (χ4n) is 1.61. The Kier molecular flexibility index (Phi) is 4.43. The highest BCUT2D eigenvalue weighted by atomic mass is 79.9. The average Bonchev–Trinajstić information content (AvgIpc) is 2.72. The zero-order valence-corrected chi connectivity index (χ0v) is 12.7. The number of hydrogen-bond donors (Lipinski definition) is 2. The summed E-state index contributed by atoms with van der Waals surface area (Å²) in [5.74, 6) is -5.17. The number of anilines is 1. The molecule has 3 N–H and O–H groups in total. The molecule has 3 nitrogen and oxygen atoms in total. The van der Waals surface area contributed by atoms with Crippen molar-refractivity contribution in [1.29, 1.82) is 0 Å². The molecule has 0 saturated carbocycles. The predicted octanol–water partition coefficient (Wildman–Crippen LogP) is 3.88. The summed E-state index contributed by atoms with van der Waals surface area (Å²) in [6.07, 6.45) is -3.84. The van der Waals surface area contributed by atoms with Gasteiger partial charge in [-0.2, -0.15) is 8.78 Å². The van der Waals surface area contributed by atoms with Crippen molar-refractivity contribution in [3.63, 3.8) is 0 Å². The molecular weight excluding hydrogens is 376 g/mol. The van der Waals surface area contributed by atoms with Crippen molar-refractivity contribution < 1.29 is 22.4 Å². The molecule has 0 fully saturated rings. The van der Waals surface area contributed by atoms with Gasteiger partial charge in [0, 0.05) is 14.6 Å². The maximum atomic E-state index is 12.8. The molecule has 0 radical (unpaired) electrons. The molecule has 0 spiro atoms. The number of carbonyl (C=O) groups excluding carboxylic acids is 1. The van der Waals surface area contributed by atoms with E-state index in [-0.39, 0.29) is 10.6 Å². The first-order chi connectivity index (χ1) is 9.72. The molecule has 114 valence electrons. The average molecular weight is 385 g/mol. The van der Waals surface area contributed by atoms with Gasteiger partial charge in [0.2, 0.25) is 0 Å². The fraction of sp³-hybridized carbons (Fsp3) is 0.250. The van der Waals surface area contributed by atoms with Crippen molar-refractivity contribution in [3.8, 4) is 0 Å². The molecule has 21 heavy (non-hydrogen) atoms. The number of nitrogens with one attached hydrogen (secondary N) is 1. The summed E-state index contributed by atoms with van der Waals surface area (Å²) in [6, 6.07) is 5.12. The zero-order chi connectivity index (χ0) is 15.8. The predicted molar refractivity (Wildman–Crippen MR) is 77.2 cm³/mol. The second-order valence-corrected chi connectivity index (χ2v) is 6.20. The summed E-state index contributed by atoms with van der Waals surface area (Å²) in [4.78, 5) is 11.8. The van der Waals surface area contributed by atoms with E-state index in [0.717, 1.165) is 15.8 Å². The van der Waals surface area contributed by atoms with Crippen molar-refractivity contribution in [2.45, 2.75) is 12.3 Å². The molecular formula is C12H9BrF4N2OS. The van der Waals surface area contributed by atoms with Crippen LogP contribution in [0.5, 0.6) is 0 Å². The van der Waals surface area contributed by atoms with E-state index < -0.39 is 24.8 Å². The topological polar surface area (TPSA) is 55.1 Å². The molecule has 1 aromatic carbocycles. The summed E-state index contributed by atoms with van der Waals surface area (Å²) in [5.41, 5.74) is 5.93. The van der Waals surface area contributed by atoms with Crippen LogP contribution in [0, 0.1) is 0 Å². The van der Waals surface area contributed by atoms with E-state index in [4.69, 9.17) is 5.73 Å². The molecule has 2 rings (SSSR count). The van der Waals surface area contributed by atoms with E-state index in [9.17, 15) is 22.4 Å². The molecule has 0 aliphatic rings. The van der Waals surface area contributed by atoms with Crippen LogP contribution in [0.4, 0.5) is 23.2 Å². The van der Waals surface area contributed by atoms with E-state index in [0.29, 0.717) is 10.1 Å². The lowest BCUT2D eigenvalue weighted by molar-refractivity contribution is -0.123. The van der Waals surface area contributed by atoms with Gasteiger partial charge in [-0.15, -0.1) is 11.3 Å². The summed E-state index contributed by atoms with van der Waals surface area (Å²) in [5, 5.41) is 2.39. The zero-order valence-electron chi connectivity index (χ0n) is 10.3. The summed E-state index contributed by atoms with van der Waals surface area (Å²) >= 11 is 4.26. The smallest absolute Gasteiger partial charge is 0.324 e. The lowest BCUT2D eigenvalue weighted by atomic mass is 10.2. The van der Waals surface area contributed by atoms with Crippen LogP contribution in [0.15, 0.2) is 22.7 Å². The highest BCUT2D eigenvalue weighted by Gasteiger charge is 2.41. The number of benzene rings is 1. The van der Waals surface area contributed by atoms with E-state index in [1.807, 2.05) is 0 Å². The Bertz CT molecular complexity index is 689. The first-order valence-electron chi connectivity index (χ1n) is 5.64. The first kappa shape index (κ1) is 16.0. The lowest BCUT2D eigenvalue weighted by Crippen LogP contribution is -2.41. The highest BCUT2D eigenvalue weighted by Crippen LogP contribution is 2.35. The van der Waals surface area contributed by atoms with Gasteiger partial charge in [0.1, 0.15) is 4.88 Å². The third-order valence-corrected chi connectivity index (χ3v) is 4.36. The Morgan fingerprint density at radius 2 is 2.10 bits per heavy atom. The largest absolute Gasteiger partial charge is 0.397 e. The number of amides is 1. The second-order valence-electron chi connectivity index (χ2n) is 4.23. The molecule has 0 unspecified atom stereocenters. The van der Waals surface area contributed by atoms with Gasteiger partial charge >= 0.3 is 12.3 Å². The molecule has 0 atom stereocenters. The highest BCUT2D eigenvalue weighted by molar-refractivity contribution is 9.10. The Balaban J connectivity index is 2.22. The van der Waals surface area contributed by atoms with Crippen molar-refractivity contribution in [2.24, 2.45) is 0 Å². The molecule has 1 aromatic heterocycles. The normalized spacial score (nSPS) is 12.1. The van der Waals surface area contributed by atoms with Gasteiger partial charge in [-0.3, -0.25) is 4.79 Å². The minimum Gasteiger partial charge on any atom is -0.397 e. The van der Waals surface area contributed by atoms with Crippen LogP contribution in [0.1, 0.15) is 9.67 Å². The lowest BCUT2D eigenvalue weighted by Gasteiger charge is -2.15.